The smallest absolute Gasteiger partial charge is 0.333 e. The molecule has 0 heterocycles. The minimum Gasteiger partial charge on any atom is -0.463 e. The number of rotatable bonds is 6. The van der Waals surface area contributed by atoms with Crippen LogP contribution in [-0.4, -0.2) is 25.8 Å². The quantitative estimate of drug-likeness (QED) is 0.406. The molecule has 0 N–H and O–H groups in total. The zero-order valence-corrected chi connectivity index (χ0v) is 11.7. The lowest BCUT2D eigenvalue weighted by molar-refractivity contribution is -0.138. The molecule has 0 radical (unpaired) electrons. The molecule has 0 spiro atoms. The molecular weight excluding hydrogens is 216 g/mol. The van der Waals surface area contributed by atoms with Crippen LogP contribution in [0.15, 0.2) is 23.3 Å². The lowest BCUT2D eigenvalue weighted by atomic mass is 9.96. The van der Waals surface area contributed by atoms with Crippen LogP contribution in [0.4, 0.5) is 0 Å². The average molecular weight is 240 g/mol. The molecule has 2 atom stereocenters. The number of methoxy groups -OCH3 is 1. The molecule has 0 aliphatic rings. The van der Waals surface area contributed by atoms with Crippen LogP contribution in [0.25, 0.3) is 0 Å². The number of esters is 1. The molecule has 17 heavy (non-hydrogen) atoms. The molecule has 3 nitrogen and oxygen atoms in total. The molecule has 0 unspecified atom stereocenters. The van der Waals surface area contributed by atoms with Crippen LogP contribution in [0.1, 0.15) is 34.6 Å². The van der Waals surface area contributed by atoms with Gasteiger partial charge in [-0.1, -0.05) is 19.1 Å². The van der Waals surface area contributed by atoms with Crippen molar-refractivity contribution in [3.63, 3.8) is 0 Å². The van der Waals surface area contributed by atoms with Gasteiger partial charge in [-0.25, -0.2) is 4.79 Å². The third kappa shape index (κ3) is 5.18. The largest absolute Gasteiger partial charge is 0.463 e. The molecule has 0 aromatic carbocycles. The number of ether oxygens (including phenoxy) is 2. The van der Waals surface area contributed by atoms with Gasteiger partial charge in [-0.15, -0.1) is 0 Å². The van der Waals surface area contributed by atoms with E-state index in [1.54, 1.807) is 21.0 Å². The SMILES string of the molecule is C/C=C(\C)[C@H](OC)[C@H](C)/C=C(\C)C(=O)OCC. The fourth-order valence-electron chi connectivity index (χ4n) is 1.77. The molecule has 0 amide bonds. The number of allylic oxidation sites excluding steroid dienone is 1. The van der Waals surface area contributed by atoms with E-state index in [4.69, 9.17) is 9.47 Å². The van der Waals surface area contributed by atoms with Crippen molar-refractivity contribution in [1.82, 2.24) is 0 Å². The van der Waals surface area contributed by atoms with Crippen molar-refractivity contribution >= 4 is 5.97 Å². The second kappa shape index (κ2) is 8.07. The van der Waals surface area contributed by atoms with Crippen molar-refractivity contribution in [2.75, 3.05) is 13.7 Å². The van der Waals surface area contributed by atoms with E-state index < -0.39 is 0 Å². The van der Waals surface area contributed by atoms with Crippen LogP contribution in [0.2, 0.25) is 0 Å². The standard InChI is InChI=1S/C14H24O3/c1-7-10(3)13(16-6)11(4)9-12(5)14(15)17-8-2/h7,9,11,13H,8H2,1-6H3/b10-7+,12-9+/t11-,13+/m1/s1. The predicted octanol–water partition coefficient (Wildman–Crippen LogP) is 3.11. The molecule has 0 aliphatic heterocycles. The van der Waals surface area contributed by atoms with Crippen molar-refractivity contribution in [3.8, 4) is 0 Å². The Morgan fingerprint density at radius 3 is 2.35 bits per heavy atom. The maximum atomic E-state index is 11.5. The third-order valence-electron chi connectivity index (χ3n) is 2.75. The van der Waals surface area contributed by atoms with Gasteiger partial charge >= 0.3 is 5.97 Å². The van der Waals surface area contributed by atoms with E-state index in [0.717, 1.165) is 5.57 Å². The van der Waals surface area contributed by atoms with Crippen molar-refractivity contribution in [3.05, 3.63) is 23.3 Å². The summed E-state index contributed by atoms with van der Waals surface area (Å²) in [7, 11) is 1.68. The first-order valence-corrected chi connectivity index (χ1v) is 5.99. The zero-order chi connectivity index (χ0) is 13.4. The highest BCUT2D eigenvalue weighted by atomic mass is 16.5. The highest BCUT2D eigenvalue weighted by Gasteiger charge is 2.17. The van der Waals surface area contributed by atoms with Gasteiger partial charge in [-0.3, -0.25) is 0 Å². The van der Waals surface area contributed by atoms with Crippen molar-refractivity contribution < 1.29 is 14.3 Å². The van der Waals surface area contributed by atoms with E-state index in [-0.39, 0.29) is 18.0 Å². The van der Waals surface area contributed by atoms with Crippen molar-refractivity contribution in [1.29, 1.82) is 0 Å². The Morgan fingerprint density at radius 1 is 1.35 bits per heavy atom. The summed E-state index contributed by atoms with van der Waals surface area (Å²) in [6.45, 7) is 10.0. The third-order valence-corrected chi connectivity index (χ3v) is 2.75. The van der Waals surface area contributed by atoms with E-state index >= 15 is 0 Å². The normalized spacial score (nSPS) is 16.6. The molecule has 0 aromatic rings. The minimum absolute atomic E-state index is 0.00405. The van der Waals surface area contributed by atoms with Crippen LogP contribution in [0.5, 0.6) is 0 Å². The van der Waals surface area contributed by atoms with Crippen molar-refractivity contribution in [2.24, 2.45) is 5.92 Å². The van der Waals surface area contributed by atoms with Gasteiger partial charge in [0.05, 0.1) is 12.7 Å². The van der Waals surface area contributed by atoms with E-state index in [2.05, 4.69) is 0 Å². The Labute approximate surface area is 104 Å². The Hall–Kier alpha value is -1.09. The molecule has 0 bridgehead atoms. The molecule has 98 valence electrons. The molecule has 0 aliphatic carbocycles. The average Bonchev–Trinajstić information content (AvgIpc) is 2.29. The summed E-state index contributed by atoms with van der Waals surface area (Å²) in [6.07, 6.45) is 3.93. The van der Waals surface area contributed by atoms with Crippen LogP contribution in [0, 0.1) is 5.92 Å². The fraction of sp³-hybridized carbons (Fsp3) is 0.643. The fourth-order valence-corrected chi connectivity index (χ4v) is 1.77. The van der Waals surface area contributed by atoms with Gasteiger partial charge in [0.2, 0.25) is 0 Å². The molecule has 0 rings (SSSR count). The Balaban J connectivity index is 4.74. The Morgan fingerprint density at radius 2 is 1.94 bits per heavy atom. The Kier molecular flexibility index (Phi) is 7.55. The predicted molar refractivity (Wildman–Crippen MR) is 69.8 cm³/mol. The second-order valence-corrected chi connectivity index (χ2v) is 4.12. The molecule has 0 saturated heterocycles. The van der Waals surface area contributed by atoms with Gasteiger partial charge in [0.15, 0.2) is 0 Å². The van der Waals surface area contributed by atoms with Crippen LogP contribution >= 0.6 is 0 Å². The maximum Gasteiger partial charge on any atom is 0.333 e. The van der Waals surface area contributed by atoms with Gasteiger partial charge < -0.3 is 9.47 Å². The summed E-state index contributed by atoms with van der Waals surface area (Å²) in [5.41, 5.74) is 1.79. The van der Waals surface area contributed by atoms with Gasteiger partial charge in [0, 0.05) is 18.6 Å². The summed E-state index contributed by atoms with van der Waals surface area (Å²) >= 11 is 0. The van der Waals surface area contributed by atoms with Gasteiger partial charge in [-0.2, -0.15) is 0 Å². The summed E-state index contributed by atoms with van der Waals surface area (Å²) in [5.74, 6) is -0.118. The molecule has 0 aromatic heterocycles. The first-order chi connectivity index (χ1) is 7.97. The lowest BCUT2D eigenvalue weighted by Crippen LogP contribution is -2.21. The minimum atomic E-state index is -0.257. The first kappa shape index (κ1) is 15.9. The highest BCUT2D eigenvalue weighted by Crippen LogP contribution is 2.18. The van der Waals surface area contributed by atoms with Gasteiger partial charge in [0.25, 0.3) is 0 Å². The number of hydrogen-bond donors (Lipinski definition) is 0. The maximum absolute atomic E-state index is 11.5. The Bertz CT molecular complexity index is 303. The van der Waals surface area contributed by atoms with Crippen molar-refractivity contribution in [2.45, 2.75) is 40.7 Å². The molecule has 3 heteroatoms. The van der Waals surface area contributed by atoms with E-state index in [9.17, 15) is 4.79 Å². The summed E-state index contributed by atoms with van der Waals surface area (Å²) < 4.78 is 10.4. The van der Waals surface area contributed by atoms with Gasteiger partial charge in [-0.05, 0) is 33.3 Å². The second-order valence-electron chi connectivity index (χ2n) is 4.12. The van der Waals surface area contributed by atoms with Crippen LogP contribution < -0.4 is 0 Å². The first-order valence-electron chi connectivity index (χ1n) is 5.99. The highest BCUT2D eigenvalue weighted by molar-refractivity contribution is 5.87. The summed E-state index contributed by atoms with van der Waals surface area (Å²) in [4.78, 5) is 11.5. The zero-order valence-electron chi connectivity index (χ0n) is 11.7. The molecule has 0 fully saturated rings. The van der Waals surface area contributed by atoms with Crippen LogP contribution in [0.3, 0.4) is 0 Å². The number of carbonyl (C=O) groups excluding carboxylic acids is 1. The van der Waals surface area contributed by atoms with E-state index in [0.29, 0.717) is 12.2 Å². The van der Waals surface area contributed by atoms with E-state index in [1.807, 2.05) is 32.9 Å². The van der Waals surface area contributed by atoms with Crippen LogP contribution in [-0.2, 0) is 14.3 Å². The molecular formula is C14H24O3. The summed E-state index contributed by atoms with van der Waals surface area (Å²) in [5, 5.41) is 0. The number of hydrogen-bond acceptors (Lipinski definition) is 3. The lowest BCUT2D eigenvalue weighted by Gasteiger charge is -2.21. The van der Waals surface area contributed by atoms with Gasteiger partial charge in [0.1, 0.15) is 0 Å². The summed E-state index contributed by atoms with van der Waals surface area (Å²) in [6, 6.07) is 0. The topological polar surface area (TPSA) is 35.5 Å². The van der Waals surface area contributed by atoms with E-state index in [1.165, 1.54) is 0 Å². The monoisotopic (exact) mass is 240 g/mol. The number of carbonyl (C=O) groups is 1. The molecule has 0 saturated carbocycles.